The summed E-state index contributed by atoms with van der Waals surface area (Å²) in [5.41, 5.74) is 1.04. The van der Waals surface area contributed by atoms with E-state index in [9.17, 15) is 0 Å². The zero-order valence-corrected chi connectivity index (χ0v) is 11.0. The van der Waals surface area contributed by atoms with Crippen LogP contribution in [0.5, 0.6) is 17.2 Å². The molecule has 4 heteroatoms. The minimum absolute atomic E-state index is 0.323. The second-order valence-electron chi connectivity index (χ2n) is 4.18. The summed E-state index contributed by atoms with van der Waals surface area (Å²) in [6.45, 7) is 3.23. The van der Waals surface area contributed by atoms with Crippen LogP contribution in [0.3, 0.4) is 0 Å². The summed E-state index contributed by atoms with van der Waals surface area (Å²) in [5.74, 6) is 2.16. The third kappa shape index (κ3) is 2.76. The van der Waals surface area contributed by atoms with Crippen molar-refractivity contribution >= 4 is 6.08 Å². The molecule has 0 amide bonds. The summed E-state index contributed by atoms with van der Waals surface area (Å²) in [7, 11) is 3.57. The topological polar surface area (TPSA) is 39.7 Å². The normalized spacial score (nSPS) is 15.7. The standard InChI is InChI=1S/C14H19NO3/c1-10(15-2)4-5-11-8-12(16-3)14-13(9-11)17-6-7-18-14/h4-5,8-10,15H,6-7H2,1-3H3/b5-4+. The van der Waals surface area contributed by atoms with E-state index < -0.39 is 0 Å². The molecule has 98 valence electrons. The summed E-state index contributed by atoms with van der Waals surface area (Å²) in [6, 6.07) is 4.24. The maximum atomic E-state index is 5.59. The molecule has 0 spiro atoms. The lowest BCUT2D eigenvalue weighted by Crippen LogP contribution is -2.17. The zero-order valence-electron chi connectivity index (χ0n) is 11.0. The minimum Gasteiger partial charge on any atom is -0.493 e. The Morgan fingerprint density at radius 3 is 2.83 bits per heavy atom. The van der Waals surface area contributed by atoms with E-state index in [0.29, 0.717) is 30.8 Å². The Bertz CT molecular complexity index is 426. The maximum Gasteiger partial charge on any atom is 0.203 e. The SMILES string of the molecule is CNC(C)/C=C/c1cc(OC)c2c(c1)OCCO2. The van der Waals surface area contributed by atoms with E-state index in [1.165, 1.54) is 0 Å². The first-order chi connectivity index (χ1) is 8.74. The van der Waals surface area contributed by atoms with Gasteiger partial charge in [0.2, 0.25) is 5.75 Å². The molecule has 18 heavy (non-hydrogen) atoms. The minimum atomic E-state index is 0.323. The molecule has 1 atom stereocenters. The molecular formula is C14H19NO3. The van der Waals surface area contributed by atoms with Crippen LogP contribution in [0.25, 0.3) is 6.08 Å². The Balaban J connectivity index is 2.29. The number of hydrogen-bond acceptors (Lipinski definition) is 4. The molecule has 0 saturated heterocycles. The first-order valence-corrected chi connectivity index (χ1v) is 6.07. The third-order valence-corrected chi connectivity index (χ3v) is 2.88. The highest BCUT2D eigenvalue weighted by molar-refractivity contribution is 5.62. The van der Waals surface area contributed by atoms with Crippen molar-refractivity contribution in [2.75, 3.05) is 27.4 Å². The van der Waals surface area contributed by atoms with Gasteiger partial charge in [0.25, 0.3) is 0 Å². The van der Waals surface area contributed by atoms with Crippen LogP contribution in [0.15, 0.2) is 18.2 Å². The fourth-order valence-corrected chi connectivity index (χ4v) is 1.74. The molecule has 0 bridgehead atoms. The van der Waals surface area contributed by atoms with Crippen LogP contribution in [0.2, 0.25) is 0 Å². The monoisotopic (exact) mass is 249 g/mol. The first kappa shape index (κ1) is 12.8. The molecular weight excluding hydrogens is 230 g/mol. The van der Waals surface area contributed by atoms with Crippen LogP contribution in [-0.4, -0.2) is 33.4 Å². The molecule has 1 aromatic rings. The van der Waals surface area contributed by atoms with Crippen LogP contribution < -0.4 is 19.5 Å². The van der Waals surface area contributed by atoms with Crippen LogP contribution in [0.4, 0.5) is 0 Å². The highest BCUT2D eigenvalue weighted by Crippen LogP contribution is 2.40. The van der Waals surface area contributed by atoms with Crippen LogP contribution in [0, 0.1) is 0 Å². The zero-order chi connectivity index (χ0) is 13.0. The van der Waals surface area contributed by atoms with Crippen LogP contribution in [0.1, 0.15) is 12.5 Å². The molecule has 4 nitrogen and oxygen atoms in total. The van der Waals surface area contributed by atoms with Gasteiger partial charge in [0.1, 0.15) is 13.2 Å². The summed E-state index contributed by atoms with van der Waals surface area (Å²) >= 11 is 0. The predicted octanol–water partition coefficient (Wildman–Crippen LogP) is 2.09. The van der Waals surface area contributed by atoms with Crippen molar-refractivity contribution < 1.29 is 14.2 Å². The largest absolute Gasteiger partial charge is 0.493 e. The molecule has 2 rings (SSSR count). The molecule has 0 aromatic heterocycles. The summed E-state index contributed by atoms with van der Waals surface area (Å²) < 4.78 is 16.5. The Hall–Kier alpha value is -1.68. The van der Waals surface area contributed by atoms with Crippen molar-refractivity contribution in [1.29, 1.82) is 0 Å². The van der Waals surface area contributed by atoms with E-state index in [2.05, 4.69) is 18.3 Å². The van der Waals surface area contributed by atoms with Crippen molar-refractivity contribution in [2.24, 2.45) is 0 Å². The average molecular weight is 249 g/mol. The van der Waals surface area contributed by atoms with E-state index in [4.69, 9.17) is 14.2 Å². The quantitative estimate of drug-likeness (QED) is 0.887. The molecule has 1 unspecified atom stereocenters. The van der Waals surface area contributed by atoms with Gasteiger partial charge >= 0.3 is 0 Å². The van der Waals surface area contributed by atoms with Gasteiger partial charge in [-0.3, -0.25) is 0 Å². The first-order valence-electron chi connectivity index (χ1n) is 6.07. The van der Waals surface area contributed by atoms with Crippen molar-refractivity contribution in [1.82, 2.24) is 5.32 Å². The smallest absolute Gasteiger partial charge is 0.203 e. The van der Waals surface area contributed by atoms with E-state index in [0.717, 1.165) is 11.3 Å². The van der Waals surface area contributed by atoms with Gasteiger partial charge in [0, 0.05) is 6.04 Å². The van der Waals surface area contributed by atoms with Crippen molar-refractivity contribution in [2.45, 2.75) is 13.0 Å². The molecule has 1 aromatic carbocycles. The fourth-order valence-electron chi connectivity index (χ4n) is 1.74. The molecule has 1 aliphatic heterocycles. The number of nitrogens with one attached hydrogen (secondary N) is 1. The Labute approximate surface area is 108 Å². The lowest BCUT2D eigenvalue weighted by Gasteiger charge is -2.21. The number of fused-ring (bicyclic) bond motifs is 1. The van der Waals surface area contributed by atoms with Crippen LogP contribution in [-0.2, 0) is 0 Å². The fraction of sp³-hybridized carbons (Fsp3) is 0.429. The Morgan fingerprint density at radius 1 is 1.33 bits per heavy atom. The summed E-state index contributed by atoms with van der Waals surface area (Å²) in [4.78, 5) is 0. The Morgan fingerprint density at radius 2 is 2.11 bits per heavy atom. The highest BCUT2D eigenvalue weighted by Gasteiger charge is 2.17. The van der Waals surface area contributed by atoms with Gasteiger partial charge in [-0.1, -0.05) is 12.2 Å². The summed E-state index contributed by atoms with van der Waals surface area (Å²) in [6.07, 6.45) is 4.13. The van der Waals surface area contributed by atoms with Crippen molar-refractivity contribution in [3.05, 3.63) is 23.8 Å². The number of ether oxygens (including phenoxy) is 3. The van der Waals surface area contributed by atoms with Gasteiger partial charge in [-0.2, -0.15) is 0 Å². The van der Waals surface area contributed by atoms with Gasteiger partial charge in [-0.15, -0.1) is 0 Å². The van der Waals surface area contributed by atoms with Gasteiger partial charge in [0.15, 0.2) is 11.5 Å². The number of rotatable bonds is 4. The number of likely N-dealkylation sites (N-methyl/N-ethyl adjacent to an activating group) is 1. The predicted molar refractivity (Wildman–Crippen MR) is 71.5 cm³/mol. The van der Waals surface area contributed by atoms with Gasteiger partial charge < -0.3 is 19.5 Å². The third-order valence-electron chi connectivity index (χ3n) is 2.88. The second-order valence-corrected chi connectivity index (χ2v) is 4.18. The molecule has 0 aliphatic carbocycles. The highest BCUT2D eigenvalue weighted by atomic mass is 16.6. The molecule has 0 fully saturated rings. The van der Waals surface area contributed by atoms with E-state index in [1.54, 1.807) is 7.11 Å². The number of benzene rings is 1. The van der Waals surface area contributed by atoms with E-state index in [1.807, 2.05) is 25.3 Å². The maximum absolute atomic E-state index is 5.59. The molecule has 1 heterocycles. The molecule has 0 saturated carbocycles. The summed E-state index contributed by atoms with van der Waals surface area (Å²) in [5, 5.41) is 3.15. The Kier molecular flexibility index (Phi) is 4.10. The molecule has 1 N–H and O–H groups in total. The lowest BCUT2D eigenvalue weighted by atomic mass is 10.1. The molecule has 0 radical (unpaired) electrons. The van der Waals surface area contributed by atoms with E-state index in [-0.39, 0.29) is 0 Å². The van der Waals surface area contributed by atoms with Gasteiger partial charge in [-0.25, -0.2) is 0 Å². The lowest BCUT2D eigenvalue weighted by molar-refractivity contribution is 0.165. The van der Waals surface area contributed by atoms with Crippen LogP contribution >= 0.6 is 0 Å². The van der Waals surface area contributed by atoms with Crippen molar-refractivity contribution in [3.8, 4) is 17.2 Å². The van der Waals surface area contributed by atoms with Crippen molar-refractivity contribution in [3.63, 3.8) is 0 Å². The molecule has 1 aliphatic rings. The van der Waals surface area contributed by atoms with E-state index >= 15 is 0 Å². The van der Waals surface area contributed by atoms with Gasteiger partial charge in [-0.05, 0) is 31.7 Å². The average Bonchev–Trinajstić information content (AvgIpc) is 2.43. The second kappa shape index (κ2) is 5.78. The number of methoxy groups -OCH3 is 1. The number of hydrogen-bond donors (Lipinski definition) is 1. The van der Waals surface area contributed by atoms with Gasteiger partial charge in [0.05, 0.1) is 7.11 Å².